The molecule has 2 rings (SSSR count). The molecule has 96 valence electrons. The number of pyridine rings is 1. The second-order valence-corrected chi connectivity index (χ2v) is 4.08. The molecule has 1 aromatic carbocycles. The molecule has 1 heterocycles. The van der Waals surface area contributed by atoms with Gasteiger partial charge in [0.2, 0.25) is 0 Å². The fourth-order valence-corrected chi connectivity index (χ4v) is 1.89. The van der Waals surface area contributed by atoms with Crippen LogP contribution in [-0.2, 0) is 0 Å². The van der Waals surface area contributed by atoms with Gasteiger partial charge in [-0.15, -0.1) is 0 Å². The highest BCUT2D eigenvalue weighted by Crippen LogP contribution is 2.26. The van der Waals surface area contributed by atoms with E-state index < -0.39 is 0 Å². The maximum atomic E-state index is 8.81. The molecule has 2 aromatic rings. The van der Waals surface area contributed by atoms with Crippen LogP contribution < -0.4 is 10.2 Å². The van der Waals surface area contributed by atoms with Gasteiger partial charge >= 0.3 is 0 Å². The first kappa shape index (κ1) is 12.9. The van der Waals surface area contributed by atoms with Crippen molar-refractivity contribution in [3.05, 3.63) is 48.8 Å². The monoisotopic (exact) mass is 252 g/mol. The first-order valence-electron chi connectivity index (χ1n) is 6.17. The van der Waals surface area contributed by atoms with Crippen molar-refractivity contribution < 1.29 is 0 Å². The summed E-state index contributed by atoms with van der Waals surface area (Å²) in [7, 11) is 1.86. The van der Waals surface area contributed by atoms with E-state index in [-0.39, 0.29) is 0 Å². The third kappa shape index (κ3) is 3.23. The summed E-state index contributed by atoms with van der Waals surface area (Å²) < 4.78 is 0. The van der Waals surface area contributed by atoms with Crippen LogP contribution in [-0.4, -0.2) is 18.6 Å². The smallest absolute Gasteiger partial charge is 0.0640 e. The largest absolute Gasteiger partial charge is 0.387 e. The number of hydrogen-bond acceptors (Lipinski definition) is 4. The molecule has 19 heavy (non-hydrogen) atoms. The third-order valence-electron chi connectivity index (χ3n) is 2.84. The summed E-state index contributed by atoms with van der Waals surface area (Å²) in [5, 5.41) is 11.9. The fraction of sp³-hybridized carbons (Fsp3) is 0.200. The van der Waals surface area contributed by atoms with Gasteiger partial charge in [0.05, 0.1) is 36.3 Å². The van der Waals surface area contributed by atoms with Crippen LogP contribution in [0.25, 0.3) is 0 Å². The quantitative estimate of drug-likeness (QED) is 0.888. The third-order valence-corrected chi connectivity index (χ3v) is 2.84. The lowest BCUT2D eigenvalue weighted by molar-refractivity contribution is 0.944. The van der Waals surface area contributed by atoms with E-state index in [4.69, 9.17) is 5.26 Å². The van der Waals surface area contributed by atoms with E-state index >= 15 is 0 Å². The molecular weight excluding hydrogens is 236 g/mol. The predicted molar refractivity (Wildman–Crippen MR) is 77.5 cm³/mol. The average molecular weight is 252 g/mol. The molecule has 0 saturated carbocycles. The van der Waals surface area contributed by atoms with Gasteiger partial charge in [0.25, 0.3) is 0 Å². The van der Waals surface area contributed by atoms with Gasteiger partial charge in [0.1, 0.15) is 0 Å². The van der Waals surface area contributed by atoms with Gasteiger partial charge in [-0.3, -0.25) is 4.98 Å². The van der Waals surface area contributed by atoms with Gasteiger partial charge in [-0.05, 0) is 18.2 Å². The first-order valence-corrected chi connectivity index (χ1v) is 6.17. The van der Waals surface area contributed by atoms with E-state index in [0.717, 1.165) is 17.1 Å². The second-order valence-electron chi connectivity index (χ2n) is 4.08. The van der Waals surface area contributed by atoms with Crippen molar-refractivity contribution in [3.8, 4) is 6.07 Å². The van der Waals surface area contributed by atoms with E-state index in [1.165, 1.54) is 0 Å². The minimum Gasteiger partial charge on any atom is -0.387 e. The summed E-state index contributed by atoms with van der Waals surface area (Å²) in [4.78, 5) is 6.32. The highest BCUT2D eigenvalue weighted by molar-refractivity contribution is 5.65. The van der Waals surface area contributed by atoms with E-state index in [9.17, 15) is 0 Å². The Morgan fingerprint density at radius 2 is 2.00 bits per heavy atom. The van der Waals surface area contributed by atoms with Crippen molar-refractivity contribution in [2.24, 2.45) is 0 Å². The van der Waals surface area contributed by atoms with Gasteiger partial charge in [-0.2, -0.15) is 5.26 Å². The lowest BCUT2D eigenvalue weighted by Crippen LogP contribution is -2.18. The van der Waals surface area contributed by atoms with Crippen molar-refractivity contribution in [1.29, 1.82) is 5.26 Å². The van der Waals surface area contributed by atoms with Crippen LogP contribution in [0.3, 0.4) is 0 Å². The second kappa shape index (κ2) is 6.41. The molecule has 0 atom stereocenters. The zero-order valence-corrected chi connectivity index (χ0v) is 10.9. The van der Waals surface area contributed by atoms with Crippen LogP contribution in [0.2, 0.25) is 0 Å². The average Bonchev–Trinajstić information content (AvgIpc) is 2.49. The Hall–Kier alpha value is -2.54. The summed E-state index contributed by atoms with van der Waals surface area (Å²) >= 11 is 0. The van der Waals surface area contributed by atoms with Crippen molar-refractivity contribution in [2.75, 3.05) is 23.8 Å². The molecule has 0 aliphatic heterocycles. The number of nitrogens with zero attached hydrogens (tertiary/aromatic N) is 3. The van der Waals surface area contributed by atoms with Crippen LogP contribution in [0.5, 0.6) is 0 Å². The number of nitrogens with one attached hydrogen (secondary N) is 1. The van der Waals surface area contributed by atoms with E-state index in [1.807, 2.05) is 49.6 Å². The molecule has 0 unspecified atom stereocenters. The van der Waals surface area contributed by atoms with Gasteiger partial charge in [-0.1, -0.05) is 18.2 Å². The summed E-state index contributed by atoms with van der Waals surface area (Å²) in [6, 6.07) is 14.2. The summed E-state index contributed by atoms with van der Waals surface area (Å²) in [5.41, 5.74) is 3.00. The summed E-state index contributed by atoms with van der Waals surface area (Å²) in [6.07, 6.45) is 4.06. The van der Waals surface area contributed by atoms with Crippen molar-refractivity contribution in [3.63, 3.8) is 0 Å². The molecule has 0 radical (unpaired) electrons. The SMILES string of the molecule is CNc1cncc(N(CCC#N)c2ccccc2)c1. The lowest BCUT2D eigenvalue weighted by atomic mass is 10.2. The molecule has 4 nitrogen and oxygen atoms in total. The maximum absolute atomic E-state index is 8.81. The first-order chi connectivity index (χ1) is 9.35. The molecule has 0 spiro atoms. The van der Waals surface area contributed by atoms with Crippen LogP contribution in [0.15, 0.2) is 48.8 Å². The number of nitriles is 1. The number of benzene rings is 1. The van der Waals surface area contributed by atoms with Gasteiger partial charge in [0.15, 0.2) is 0 Å². The molecule has 0 aliphatic carbocycles. The van der Waals surface area contributed by atoms with E-state index in [1.54, 1.807) is 6.20 Å². The molecule has 1 aromatic heterocycles. The van der Waals surface area contributed by atoms with Gasteiger partial charge in [-0.25, -0.2) is 0 Å². The van der Waals surface area contributed by atoms with Gasteiger partial charge in [0, 0.05) is 19.3 Å². The Morgan fingerprint density at radius 3 is 2.68 bits per heavy atom. The molecule has 0 saturated heterocycles. The minimum absolute atomic E-state index is 0.471. The number of anilines is 3. The summed E-state index contributed by atoms with van der Waals surface area (Å²) in [6.45, 7) is 0.648. The standard InChI is InChI=1S/C15H16N4/c1-17-13-10-15(12-18-11-13)19(9-5-8-16)14-6-3-2-4-7-14/h2-4,6-7,10-12,17H,5,9H2,1H3. The normalized spacial score (nSPS) is 9.68. The Kier molecular flexibility index (Phi) is 4.35. The molecule has 1 N–H and O–H groups in total. The predicted octanol–water partition coefficient (Wildman–Crippen LogP) is 3.18. The minimum atomic E-state index is 0.471. The zero-order valence-electron chi connectivity index (χ0n) is 10.9. The number of hydrogen-bond donors (Lipinski definition) is 1. The van der Waals surface area contributed by atoms with Crippen LogP contribution >= 0.6 is 0 Å². The topological polar surface area (TPSA) is 52.0 Å². The summed E-state index contributed by atoms with van der Waals surface area (Å²) in [5.74, 6) is 0. The molecule has 0 aliphatic rings. The Morgan fingerprint density at radius 1 is 1.21 bits per heavy atom. The van der Waals surface area contributed by atoms with E-state index in [2.05, 4.69) is 21.3 Å². The molecule has 0 fully saturated rings. The molecule has 0 amide bonds. The van der Waals surface area contributed by atoms with Crippen LogP contribution in [0.1, 0.15) is 6.42 Å². The Balaban J connectivity index is 2.34. The van der Waals surface area contributed by atoms with Crippen molar-refractivity contribution in [2.45, 2.75) is 6.42 Å². The van der Waals surface area contributed by atoms with E-state index in [0.29, 0.717) is 13.0 Å². The zero-order chi connectivity index (χ0) is 13.5. The highest BCUT2D eigenvalue weighted by atomic mass is 15.1. The molecule has 0 bridgehead atoms. The molecule has 4 heteroatoms. The van der Waals surface area contributed by atoms with Crippen LogP contribution in [0, 0.1) is 11.3 Å². The Labute approximate surface area is 113 Å². The fourth-order valence-electron chi connectivity index (χ4n) is 1.89. The number of rotatable bonds is 5. The molecular formula is C15H16N4. The Bertz CT molecular complexity index is 560. The van der Waals surface area contributed by atoms with Gasteiger partial charge < -0.3 is 10.2 Å². The number of para-hydroxylation sites is 1. The van der Waals surface area contributed by atoms with Crippen molar-refractivity contribution in [1.82, 2.24) is 4.98 Å². The maximum Gasteiger partial charge on any atom is 0.0640 e. The highest BCUT2D eigenvalue weighted by Gasteiger charge is 2.09. The number of aromatic nitrogens is 1. The van der Waals surface area contributed by atoms with Crippen molar-refractivity contribution >= 4 is 17.1 Å². The lowest BCUT2D eigenvalue weighted by Gasteiger charge is -2.24. The van der Waals surface area contributed by atoms with Crippen LogP contribution in [0.4, 0.5) is 17.1 Å².